The summed E-state index contributed by atoms with van der Waals surface area (Å²) in [5.41, 5.74) is 3.06. The molecule has 0 N–H and O–H groups in total. The molecule has 19 heavy (non-hydrogen) atoms. The molecule has 0 saturated carbocycles. The Bertz CT molecular complexity index is 467. The zero-order valence-electron chi connectivity index (χ0n) is 12.2. The highest BCUT2D eigenvalue weighted by atomic mass is 15.1. The zero-order valence-corrected chi connectivity index (χ0v) is 12.2. The molecule has 3 heteroatoms. The second-order valence-corrected chi connectivity index (χ2v) is 5.74. The number of hydrogen-bond donors (Lipinski definition) is 0. The molecule has 0 radical (unpaired) electrons. The van der Waals surface area contributed by atoms with Crippen LogP contribution in [-0.2, 0) is 0 Å². The molecule has 2 rings (SSSR count). The molecular formula is C16H23N3. The lowest BCUT2D eigenvalue weighted by Crippen LogP contribution is -2.35. The standard InChI is InChI=1S/C16H23N3/c1-13-10-16(5-4-15(13)11-17)19(3)12-14-6-8-18(2)9-7-14/h4-5,10,14H,6-9,12H2,1-3H3. The Kier molecular flexibility index (Phi) is 4.44. The van der Waals surface area contributed by atoms with Crippen LogP contribution in [0.4, 0.5) is 5.69 Å². The second kappa shape index (κ2) is 6.08. The van der Waals surface area contributed by atoms with E-state index in [1.165, 1.54) is 31.6 Å². The minimum absolute atomic E-state index is 0.774. The van der Waals surface area contributed by atoms with E-state index < -0.39 is 0 Å². The number of likely N-dealkylation sites (tertiary alicyclic amines) is 1. The van der Waals surface area contributed by atoms with Crippen LogP contribution in [0.5, 0.6) is 0 Å². The first-order chi connectivity index (χ1) is 9.10. The van der Waals surface area contributed by atoms with Gasteiger partial charge >= 0.3 is 0 Å². The van der Waals surface area contributed by atoms with Crippen molar-refractivity contribution in [2.45, 2.75) is 19.8 Å². The van der Waals surface area contributed by atoms with Gasteiger partial charge in [-0.15, -0.1) is 0 Å². The van der Waals surface area contributed by atoms with Gasteiger partial charge in [-0.3, -0.25) is 0 Å². The van der Waals surface area contributed by atoms with Crippen LogP contribution < -0.4 is 4.90 Å². The summed E-state index contributed by atoms with van der Waals surface area (Å²) in [6.07, 6.45) is 2.58. The van der Waals surface area contributed by atoms with Crippen molar-refractivity contribution in [2.24, 2.45) is 5.92 Å². The predicted molar refractivity (Wildman–Crippen MR) is 79.4 cm³/mol. The Hall–Kier alpha value is -1.53. The van der Waals surface area contributed by atoms with Crippen LogP contribution in [0.3, 0.4) is 0 Å². The first kappa shape index (κ1) is 13.9. The molecule has 0 spiro atoms. The highest BCUT2D eigenvalue weighted by Crippen LogP contribution is 2.22. The maximum atomic E-state index is 8.97. The lowest BCUT2D eigenvalue weighted by molar-refractivity contribution is 0.222. The molecule has 1 aliphatic rings. The second-order valence-electron chi connectivity index (χ2n) is 5.74. The number of benzene rings is 1. The normalized spacial score (nSPS) is 17.2. The monoisotopic (exact) mass is 257 g/mol. The number of nitriles is 1. The van der Waals surface area contributed by atoms with Crippen molar-refractivity contribution >= 4 is 5.69 Å². The van der Waals surface area contributed by atoms with Crippen molar-refractivity contribution in [2.75, 3.05) is 38.6 Å². The molecule has 102 valence electrons. The van der Waals surface area contributed by atoms with E-state index in [1.54, 1.807) is 0 Å². The summed E-state index contributed by atoms with van der Waals surface area (Å²) in [7, 11) is 4.35. The smallest absolute Gasteiger partial charge is 0.0994 e. The van der Waals surface area contributed by atoms with E-state index in [0.29, 0.717) is 0 Å². The fourth-order valence-corrected chi connectivity index (χ4v) is 2.75. The van der Waals surface area contributed by atoms with Gasteiger partial charge in [-0.25, -0.2) is 0 Å². The number of hydrogen-bond acceptors (Lipinski definition) is 3. The van der Waals surface area contributed by atoms with Crippen molar-refractivity contribution in [3.8, 4) is 6.07 Å². The Morgan fingerprint density at radius 3 is 2.63 bits per heavy atom. The highest BCUT2D eigenvalue weighted by Gasteiger charge is 2.18. The minimum atomic E-state index is 0.774. The van der Waals surface area contributed by atoms with Crippen molar-refractivity contribution in [1.29, 1.82) is 5.26 Å². The fraction of sp³-hybridized carbons (Fsp3) is 0.562. The summed E-state index contributed by atoms with van der Waals surface area (Å²) >= 11 is 0. The van der Waals surface area contributed by atoms with Gasteiger partial charge in [0, 0.05) is 19.3 Å². The van der Waals surface area contributed by atoms with Crippen LogP contribution >= 0.6 is 0 Å². The Labute approximate surface area is 116 Å². The van der Waals surface area contributed by atoms with Crippen LogP contribution in [0.15, 0.2) is 18.2 Å². The summed E-state index contributed by atoms with van der Waals surface area (Å²) in [6.45, 7) is 5.54. The summed E-state index contributed by atoms with van der Waals surface area (Å²) in [5.74, 6) is 0.789. The molecule has 1 heterocycles. The van der Waals surface area contributed by atoms with Gasteiger partial charge < -0.3 is 9.80 Å². The first-order valence-corrected chi connectivity index (χ1v) is 7.00. The van der Waals surface area contributed by atoms with Crippen molar-refractivity contribution in [3.05, 3.63) is 29.3 Å². The number of anilines is 1. The average Bonchev–Trinajstić information content (AvgIpc) is 2.41. The third kappa shape index (κ3) is 3.48. The summed E-state index contributed by atoms with van der Waals surface area (Å²) < 4.78 is 0. The van der Waals surface area contributed by atoms with Gasteiger partial charge in [0.1, 0.15) is 0 Å². The van der Waals surface area contributed by atoms with Gasteiger partial charge in [-0.1, -0.05) is 0 Å². The fourth-order valence-electron chi connectivity index (χ4n) is 2.75. The lowest BCUT2D eigenvalue weighted by Gasteiger charge is -2.32. The molecule has 1 aromatic carbocycles. The molecule has 1 fully saturated rings. The van der Waals surface area contributed by atoms with E-state index >= 15 is 0 Å². The largest absolute Gasteiger partial charge is 0.374 e. The SMILES string of the molecule is Cc1cc(N(C)CC2CCN(C)CC2)ccc1C#N. The van der Waals surface area contributed by atoms with Crippen LogP contribution in [0.2, 0.25) is 0 Å². The maximum absolute atomic E-state index is 8.97. The van der Waals surface area contributed by atoms with Crippen LogP contribution in [0.25, 0.3) is 0 Å². The maximum Gasteiger partial charge on any atom is 0.0994 e. The van der Waals surface area contributed by atoms with E-state index in [1.807, 2.05) is 13.0 Å². The molecule has 3 nitrogen and oxygen atoms in total. The van der Waals surface area contributed by atoms with Crippen molar-refractivity contribution in [1.82, 2.24) is 4.90 Å². The Morgan fingerprint density at radius 1 is 1.37 bits per heavy atom. The molecule has 0 aliphatic carbocycles. The van der Waals surface area contributed by atoms with Crippen LogP contribution in [0.1, 0.15) is 24.0 Å². The van der Waals surface area contributed by atoms with Gasteiger partial charge in [0.05, 0.1) is 11.6 Å². The highest BCUT2D eigenvalue weighted by molar-refractivity contribution is 5.53. The van der Waals surface area contributed by atoms with Crippen LogP contribution in [0, 0.1) is 24.2 Å². The predicted octanol–water partition coefficient (Wildman–Crippen LogP) is 2.64. The molecule has 0 unspecified atom stereocenters. The van der Waals surface area contributed by atoms with Crippen LogP contribution in [-0.4, -0.2) is 38.6 Å². The van der Waals surface area contributed by atoms with E-state index in [-0.39, 0.29) is 0 Å². The Morgan fingerprint density at radius 2 is 2.05 bits per heavy atom. The third-order valence-electron chi connectivity index (χ3n) is 4.14. The molecular weight excluding hydrogens is 234 g/mol. The van der Waals surface area contributed by atoms with E-state index in [9.17, 15) is 0 Å². The molecule has 0 atom stereocenters. The number of rotatable bonds is 3. The van der Waals surface area contributed by atoms with Gasteiger partial charge in [-0.05, 0) is 69.6 Å². The minimum Gasteiger partial charge on any atom is -0.374 e. The van der Waals surface area contributed by atoms with E-state index in [0.717, 1.165) is 23.6 Å². The quantitative estimate of drug-likeness (QED) is 0.834. The van der Waals surface area contributed by atoms with Gasteiger partial charge in [-0.2, -0.15) is 5.26 Å². The average molecular weight is 257 g/mol. The molecule has 1 saturated heterocycles. The molecule has 0 aromatic heterocycles. The lowest BCUT2D eigenvalue weighted by atomic mass is 9.96. The summed E-state index contributed by atoms with van der Waals surface area (Å²) in [5, 5.41) is 8.97. The summed E-state index contributed by atoms with van der Waals surface area (Å²) in [6, 6.07) is 8.32. The van der Waals surface area contributed by atoms with Gasteiger partial charge in [0.15, 0.2) is 0 Å². The van der Waals surface area contributed by atoms with Crippen molar-refractivity contribution in [3.63, 3.8) is 0 Å². The molecule has 1 aliphatic heterocycles. The number of piperidine rings is 1. The van der Waals surface area contributed by atoms with Gasteiger partial charge in [0.25, 0.3) is 0 Å². The van der Waals surface area contributed by atoms with Crippen molar-refractivity contribution < 1.29 is 0 Å². The topological polar surface area (TPSA) is 30.3 Å². The van der Waals surface area contributed by atoms with E-state index in [4.69, 9.17) is 5.26 Å². The van der Waals surface area contributed by atoms with E-state index in [2.05, 4.69) is 42.1 Å². The molecule has 1 aromatic rings. The first-order valence-electron chi connectivity index (χ1n) is 7.00. The third-order valence-corrected chi connectivity index (χ3v) is 4.14. The molecule has 0 amide bonds. The molecule has 0 bridgehead atoms. The van der Waals surface area contributed by atoms with Gasteiger partial charge in [0.2, 0.25) is 0 Å². The summed E-state index contributed by atoms with van der Waals surface area (Å²) in [4.78, 5) is 4.73. The number of nitrogens with zero attached hydrogens (tertiary/aromatic N) is 3. The zero-order chi connectivity index (χ0) is 13.8. The Balaban J connectivity index is 1.98. The number of aryl methyl sites for hydroxylation is 1.